The molecule has 118 valence electrons. The van der Waals surface area contributed by atoms with Gasteiger partial charge in [0.15, 0.2) is 5.96 Å². The second-order valence-corrected chi connectivity index (χ2v) is 5.11. The molecule has 0 aliphatic carbocycles. The zero-order valence-corrected chi connectivity index (χ0v) is 13.6. The molecule has 2 rings (SSSR count). The minimum absolute atomic E-state index is 0.374. The number of nitrogens with zero attached hydrogens (tertiary/aromatic N) is 3. The summed E-state index contributed by atoms with van der Waals surface area (Å²) in [6.07, 6.45) is 0.827. The van der Waals surface area contributed by atoms with Crippen molar-refractivity contribution in [3.05, 3.63) is 41.1 Å². The van der Waals surface area contributed by atoms with Crippen molar-refractivity contribution in [3.8, 4) is 5.88 Å². The van der Waals surface area contributed by atoms with Crippen LogP contribution in [0, 0.1) is 6.92 Å². The third-order valence-corrected chi connectivity index (χ3v) is 3.40. The average Bonchev–Trinajstić information content (AvgIpc) is 2.80. The van der Waals surface area contributed by atoms with Crippen LogP contribution in [0.4, 0.5) is 5.69 Å². The van der Waals surface area contributed by atoms with E-state index in [0.29, 0.717) is 12.5 Å². The van der Waals surface area contributed by atoms with Crippen molar-refractivity contribution in [2.45, 2.75) is 26.8 Å². The minimum Gasteiger partial charge on any atom is -0.481 e. The Balaban J connectivity index is 2.14. The first-order valence-corrected chi connectivity index (χ1v) is 7.27. The normalized spacial score (nSPS) is 11.5. The van der Waals surface area contributed by atoms with Crippen LogP contribution >= 0.6 is 0 Å². The number of benzene rings is 1. The lowest BCUT2D eigenvalue weighted by Crippen LogP contribution is -2.22. The molecular formula is C16H23N5O. The van der Waals surface area contributed by atoms with Crippen LogP contribution < -0.4 is 15.8 Å². The van der Waals surface area contributed by atoms with Crippen molar-refractivity contribution in [2.24, 2.45) is 17.8 Å². The maximum absolute atomic E-state index is 5.96. The van der Waals surface area contributed by atoms with Crippen molar-refractivity contribution in [2.75, 3.05) is 12.4 Å². The Morgan fingerprint density at radius 2 is 2.23 bits per heavy atom. The zero-order chi connectivity index (χ0) is 16.1. The van der Waals surface area contributed by atoms with Crippen molar-refractivity contribution >= 4 is 11.6 Å². The first-order valence-electron chi connectivity index (χ1n) is 7.27. The molecule has 22 heavy (non-hydrogen) atoms. The Morgan fingerprint density at radius 3 is 2.86 bits per heavy atom. The number of hydrogen-bond donors (Lipinski definition) is 2. The monoisotopic (exact) mass is 301 g/mol. The number of aryl methyl sites for hydroxylation is 3. The number of rotatable bonds is 5. The van der Waals surface area contributed by atoms with E-state index in [-0.39, 0.29) is 0 Å². The van der Waals surface area contributed by atoms with Gasteiger partial charge < -0.3 is 15.8 Å². The van der Waals surface area contributed by atoms with Gasteiger partial charge in [-0.25, -0.2) is 9.67 Å². The molecular weight excluding hydrogens is 278 g/mol. The summed E-state index contributed by atoms with van der Waals surface area (Å²) in [6, 6.07) is 7.98. The van der Waals surface area contributed by atoms with E-state index in [2.05, 4.69) is 22.3 Å². The highest BCUT2D eigenvalue weighted by molar-refractivity contribution is 5.92. The maximum atomic E-state index is 5.96. The lowest BCUT2D eigenvalue weighted by Gasteiger charge is -2.07. The van der Waals surface area contributed by atoms with Crippen LogP contribution in [-0.2, 0) is 20.0 Å². The van der Waals surface area contributed by atoms with Gasteiger partial charge in [-0.05, 0) is 31.0 Å². The summed E-state index contributed by atoms with van der Waals surface area (Å²) in [7, 11) is 3.50. The summed E-state index contributed by atoms with van der Waals surface area (Å²) < 4.78 is 7.12. The number of aliphatic imine (C=N–C) groups is 1. The highest BCUT2D eigenvalue weighted by Gasteiger charge is 2.15. The fourth-order valence-electron chi connectivity index (χ4n) is 2.38. The Hall–Kier alpha value is -2.50. The molecule has 0 saturated carbocycles. The van der Waals surface area contributed by atoms with Gasteiger partial charge in [-0.15, -0.1) is 0 Å². The van der Waals surface area contributed by atoms with Crippen molar-refractivity contribution in [3.63, 3.8) is 0 Å². The number of hydrogen-bond acceptors (Lipinski definition) is 3. The lowest BCUT2D eigenvalue weighted by molar-refractivity contribution is 0.369. The molecule has 0 radical (unpaired) electrons. The number of methoxy groups -OCH3 is 1. The summed E-state index contributed by atoms with van der Waals surface area (Å²) in [5, 5.41) is 7.53. The standard InChI is InChI=1S/C16H23N5O/c1-5-14-13(15(22-4)21(3)20-14)10-18-16(17)19-12-8-6-7-11(2)9-12/h6-9H,5,10H2,1-4H3,(H3,17,18,19). The molecule has 0 atom stereocenters. The zero-order valence-electron chi connectivity index (χ0n) is 13.6. The second kappa shape index (κ2) is 6.98. The first kappa shape index (κ1) is 15.9. The highest BCUT2D eigenvalue weighted by Crippen LogP contribution is 2.22. The summed E-state index contributed by atoms with van der Waals surface area (Å²) in [6.45, 7) is 4.53. The molecule has 0 unspecified atom stereocenters. The lowest BCUT2D eigenvalue weighted by atomic mass is 10.2. The third-order valence-electron chi connectivity index (χ3n) is 3.40. The maximum Gasteiger partial charge on any atom is 0.216 e. The van der Waals surface area contributed by atoms with Crippen LogP contribution in [0.3, 0.4) is 0 Å². The van der Waals surface area contributed by atoms with Crippen LogP contribution in [0.5, 0.6) is 5.88 Å². The van der Waals surface area contributed by atoms with E-state index in [1.54, 1.807) is 11.8 Å². The van der Waals surface area contributed by atoms with Crippen LogP contribution in [0.15, 0.2) is 29.3 Å². The number of anilines is 1. The Bertz CT molecular complexity index is 675. The van der Waals surface area contributed by atoms with Gasteiger partial charge >= 0.3 is 0 Å². The van der Waals surface area contributed by atoms with E-state index in [1.807, 2.05) is 38.2 Å². The van der Waals surface area contributed by atoms with Gasteiger partial charge in [0.2, 0.25) is 5.88 Å². The number of nitrogens with one attached hydrogen (secondary N) is 1. The van der Waals surface area contributed by atoms with Crippen LogP contribution in [0.25, 0.3) is 0 Å². The van der Waals surface area contributed by atoms with E-state index < -0.39 is 0 Å². The van der Waals surface area contributed by atoms with E-state index in [1.165, 1.54) is 5.56 Å². The molecule has 6 heteroatoms. The molecule has 0 aliphatic heterocycles. The second-order valence-electron chi connectivity index (χ2n) is 5.11. The average molecular weight is 301 g/mol. The van der Waals surface area contributed by atoms with Crippen LogP contribution in [-0.4, -0.2) is 22.8 Å². The summed E-state index contributed by atoms with van der Waals surface area (Å²) in [4.78, 5) is 4.40. The quantitative estimate of drug-likeness (QED) is 0.656. The molecule has 2 aromatic rings. The molecule has 0 bridgehead atoms. The molecule has 0 fully saturated rings. The Labute approximate surface area is 131 Å². The number of guanidine groups is 1. The fraction of sp³-hybridized carbons (Fsp3) is 0.375. The summed E-state index contributed by atoms with van der Waals surface area (Å²) in [5.74, 6) is 1.10. The van der Waals surface area contributed by atoms with Gasteiger partial charge in [0.1, 0.15) is 0 Å². The smallest absolute Gasteiger partial charge is 0.216 e. The van der Waals surface area contributed by atoms with E-state index in [4.69, 9.17) is 10.5 Å². The van der Waals surface area contributed by atoms with Crippen LogP contribution in [0.2, 0.25) is 0 Å². The molecule has 0 spiro atoms. The largest absolute Gasteiger partial charge is 0.481 e. The van der Waals surface area contributed by atoms with Gasteiger partial charge in [0.25, 0.3) is 0 Å². The van der Waals surface area contributed by atoms with E-state index >= 15 is 0 Å². The van der Waals surface area contributed by atoms with Crippen molar-refractivity contribution in [1.82, 2.24) is 9.78 Å². The van der Waals surface area contributed by atoms with Crippen molar-refractivity contribution in [1.29, 1.82) is 0 Å². The van der Waals surface area contributed by atoms with E-state index in [0.717, 1.165) is 29.2 Å². The molecule has 1 heterocycles. The first-order chi connectivity index (χ1) is 10.5. The SMILES string of the molecule is CCc1nn(C)c(OC)c1CN=C(N)Nc1cccc(C)c1. The van der Waals surface area contributed by atoms with Gasteiger partial charge in [-0.1, -0.05) is 19.1 Å². The van der Waals surface area contributed by atoms with Crippen LogP contribution in [0.1, 0.15) is 23.7 Å². The molecule has 0 amide bonds. The minimum atomic E-state index is 0.374. The van der Waals surface area contributed by atoms with E-state index in [9.17, 15) is 0 Å². The van der Waals surface area contributed by atoms with Gasteiger partial charge in [-0.2, -0.15) is 5.10 Å². The van der Waals surface area contributed by atoms with Gasteiger partial charge in [0.05, 0.1) is 24.9 Å². The highest BCUT2D eigenvalue weighted by atomic mass is 16.5. The fourth-order valence-corrected chi connectivity index (χ4v) is 2.38. The third kappa shape index (κ3) is 3.58. The summed E-state index contributed by atoms with van der Waals surface area (Å²) in [5.41, 5.74) is 10.0. The predicted molar refractivity (Wildman–Crippen MR) is 89.3 cm³/mol. The number of aromatic nitrogens is 2. The predicted octanol–water partition coefficient (Wildman–Crippen LogP) is 2.23. The Kier molecular flexibility index (Phi) is 5.04. The van der Waals surface area contributed by atoms with Gasteiger partial charge in [-0.3, -0.25) is 0 Å². The summed E-state index contributed by atoms with van der Waals surface area (Å²) >= 11 is 0. The van der Waals surface area contributed by atoms with Crippen molar-refractivity contribution < 1.29 is 4.74 Å². The topological polar surface area (TPSA) is 77.5 Å². The van der Waals surface area contributed by atoms with Gasteiger partial charge in [0, 0.05) is 12.7 Å². The number of nitrogens with two attached hydrogens (primary N) is 1. The number of ether oxygens (including phenoxy) is 1. The molecule has 6 nitrogen and oxygen atoms in total. The Morgan fingerprint density at radius 1 is 1.45 bits per heavy atom. The molecule has 1 aromatic heterocycles. The molecule has 0 saturated heterocycles. The molecule has 3 N–H and O–H groups in total. The molecule has 1 aromatic carbocycles. The molecule has 0 aliphatic rings.